The van der Waals surface area contributed by atoms with Crippen LogP contribution in [0.25, 0.3) is 10.9 Å². The minimum atomic E-state index is -0.0954. The average Bonchev–Trinajstić information content (AvgIpc) is 2.95. The molecule has 2 N–H and O–H groups in total. The van der Waals surface area contributed by atoms with Crippen molar-refractivity contribution in [3.05, 3.63) is 64.3 Å². The molecule has 0 saturated carbocycles. The van der Waals surface area contributed by atoms with Gasteiger partial charge in [0.25, 0.3) is 5.91 Å². The molecule has 0 radical (unpaired) electrons. The zero-order valence-corrected chi connectivity index (χ0v) is 13.0. The zero-order chi connectivity index (χ0) is 14.8. The number of H-pyrrole nitrogens is 1. The van der Waals surface area contributed by atoms with E-state index in [0.29, 0.717) is 5.56 Å². The van der Waals surface area contributed by atoms with Gasteiger partial charge in [0.2, 0.25) is 0 Å². The van der Waals surface area contributed by atoms with Crippen molar-refractivity contribution >= 4 is 32.7 Å². The molecular weight excluding hydrogens is 330 g/mol. The Morgan fingerprint density at radius 3 is 2.76 bits per heavy atom. The first kappa shape index (κ1) is 13.8. The smallest absolute Gasteiger partial charge is 0.251 e. The van der Waals surface area contributed by atoms with E-state index in [-0.39, 0.29) is 11.9 Å². The largest absolute Gasteiger partial charge is 0.346 e. The Labute approximate surface area is 130 Å². The molecule has 0 bridgehead atoms. The summed E-state index contributed by atoms with van der Waals surface area (Å²) in [5, 5.41) is 10.8. The van der Waals surface area contributed by atoms with Crippen molar-refractivity contribution in [1.29, 1.82) is 0 Å². The fraction of sp³-hybridized carbons (Fsp3) is 0.125. The molecule has 106 valence electrons. The number of hydrogen-bond donors (Lipinski definition) is 2. The Bertz CT molecular complexity index is 780. The molecule has 0 saturated heterocycles. The number of rotatable bonds is 3. The maximum atomic E-state index is 12.3. The van der Waals surface area contributed by atoms with E-state index in [1.165, 1.54) is 0 Å². The molecule has 4 nitrogen and oxygen atoms in total. The Kier molecular flexibility index (Phi) is 3.75. The Morgan fingerprint density at radius 2 is 2.00 bits per heavy atom. The minimum Gasteiger partial charge on any atom is -0.346 e. The van der Waals surface area contributed by atoms with E-state index in [4.69, 9.17) is 0 Å². The highest BCUT2D eigenvalue weighted by Gasteiger charge is 2.12. The van der Waals surface area contributed by atoms with Gasteiger partial charge >= 0.3 is 0 Å². The van der Waals surface area contributed by atoms with Crippen LogP contribution in [0, 0.1) is 0 Å². The van der Waals surface area contributed by atoms with Crippen LogP contribution in [0.3, 0.4) is 0 Å². The van der Waals surface area contributed by atoms with Crippen LogP contribution < -0.4 is 5.32 Å². The molecule has 21 heavy (non-hydrogen) atoms. The lowest BCUT2D eigenvalue weighted by Crippen LogP contribution is -2.26. The molecule has 3 aromatic rings. The average molecular weight is 344 g/mol. The molecule has 2 aromatic carbocycles. The van der Waals surface area contributed by atoms with Crippen molar-refractivity contribution in [1.82, 2.24) is 15.5 Å². The summed E-state index contributed by atoms with van der Waals surface area (Å²) in [6.07, 6.45) is 1.74. The molecule has 0 fully saturated rings. The quantitative estimate of drug-likeness (QED) is 0.759. The van der Waals surface area contributed by atoms with Gasteiger partial charge in [-0.25, -0.2) is 0 Å². The maximum absolute atomic E-state index is 12.3. The van der Waals surface area contributed by atoms with Crippen molar-refractivity contribution < 1.29 is 4.79 Å². The monoisotopic (exact) mass is 343 g/mol. The van der Waals surface area contributed by atoms with Gasteiger partial charge in [0.1, 0.15) is 0 Å². The third kappa shape index (κ3) is 2.97. The Balaban J connectivity index is 1.77. The number of aromatic nitrogens is 2. The lowest BCUT2D eigenvalue weighted by atomic mass is 10.1. The zero-order valence-electron chi connectivity index (χ0n) is 11.4. The van der Waals surface area contributed by atoms with E-state index in [1.54, 1.807) is 6.20 Å². The lowest BCUT2D eigenvalue weighted by Gasteiger charge is -2.14. The van der Waals surface area contributed by atoms with Crippen LogP contribution in [0.1, 0.15) is 28.9 Å². The van der Waals surface area contributed by atoms with Crippen molar-refractivity contribution in [3.63, 3.8) is 0 Å². The van der Waals surface area contributed by atoms with Gasteiger partial charge in [0, 0.05) is 15.4 Å². The summed E-state index contributed by atoms with van der Waals surface area (Å²) in [6.45, 7) is 1.97. The third-order valence-electron chi connectivity index (χ3n) is 3.42. The summed E-state index contributed by atoms with van der Waals surface area (Å²) in [4.78, 5) is 12.3. The molecule has 0 aliphatic carbocycles. The van der Waals surface area contributed by atoms with Gasteiger partial charge in [0.15, 0.2) is 0 Å². The van der Waals surface area contributed by atoms with Crippen LogP contribution in [0.15, 0.2) is 53.1 Å². The SMILES string of the molecule is C[C@@H](NC(=O)c1ccc2cn[nH]c2c1)c1ccc(Br)cc1. The van der Waals surface area contributed by atoms with E-state index in [9.17, 15) is 4.79 Å². The summed E-state index contributed by atoms with van der Waals surface area (Å²) in [6, 6.07) is 13.4. The van der Waals surface area contributed by atoms with E-state index in [1.807, 2.05) is 49.4 Å². The molecule has 0 spiro atoms. The first-order chi connectivity index (χ1) is 10.1. The number of nitrogens with one attached hydrogen (secondary N) is 2. The standard InChI is InChI=1S/C16H14BrN3O/c1-10(11-4-6-14(17)7-5-11)19-16(21)12-2-3-13-9-18-20-15(13)8-12/h2-10H,1H3,(H,18,20)(H,19,21)/t10-/m1/s1. The third-order valence-corrected chi connectivity index (χ3v) is 3.95. The second kappa shape index (κ2) is 5.69. The fourth-order valence-electron chi connectivity index (χ4n) is 2.19. The van der Waals surface area contributed by atoms with E-state index in [2.05, 4.69) is 31.4 Å². The van der Waals surface area contributed by atoms with Crippen LogP contribution in [0.5, 0.6) is 0 Å². The van der Waals surface area contributed by atoms with E-state index in [0.717, 1.165) is 20.9 Å². The molecule has 1 amide bonds. The number of benzene rings is 2. The van der Waals surface area contributed by atoms with Crippen molar-refractivity contribution in [2.75, 3.05) is 0 Å². The van der Waals surface area contributed by atoms with Crippen LogP contribution in [0.4, 0.5) is 0 Å². The summed E-state index contributed by atoms with van der Waals surface area (Å²) >= 11 is 3.40. The highest BCUT2D eigenvalue weighted by Crippen LogP contribution is 2.18. The molecule has 3 rings (SSSR count). The summed E-state index contributed by atoms with van der Waals surface area (Å²) in [7, 11) is 0. The number of halogens is 1. The fourth-order valence-corrected chi connectivity index (χ4v) is 2.46. The van der Waals surface area contributed by atoms with Gasteiger partial charge in [-0.1, -0.05) is 34.1 Å². The number of nitrogens with zero attached hydrogens (tertiary/aromatic N) is 1. The van der Waals surface area contributed by atoms with Gasteiger partial charge in [0.05, 0.1) is 17.8 Å². The highest BCUT2D eigenvalue weighted by atomic mass is 79.9. The van der Waals surface area contributed by atoms with E-state index >= 15 is 0 Å². The minimum absolute atomic E-state index is 0.0527. The van der Waals surface area contributed by atoms with E-state index < -0.39 is 0 Å². The van der Waals surface area contributed by atoms with Crippen LogP contribution in [-0.2, 0) is 0 Å². The van der Waals surface area contributed by atoms with Gasteiger partial charge in [-0.3, -0.25) is 9.89 Å². The van der Waals surface area contributed by atoms with Crippen molar-refractivity contribution in [2.45, 2.75) is 13.0 Å². The van der Waals surface area contributed by atoms with Crippen LogP contribution in [0.2, 0.25) is 0 Å². The summed E-state index contributed by atoms with van der Waals surface area (Å²) < 4.78 is 1.02. The number of carbonyl (C=O) groups is 1. The predicted molar refractivity (Wildman–Crippen MR) is 86.1 cm³/mol. The highest BCUT2D eigenvalue weighted by molar-refractivity contribution is 9.10. The first-order valence-electron chi connectivity index (χ1n) is 6.63. The molecule has 5 heteroatoms. The van der Waals surface area contributed by atoms with Crippen LogP contribution >= 0.6 is 15.9 Å². The lowest BCUT2D eigenvalue weighted by molar-refractivity contribution is 0.0940. The van der Waals surface area contributed by atoms with Gasteiger partial charge in [-0.2, -0.15) is 5.10 Å². The molecule has 1 aromatic heterocycles. The second-order valence-electron chi connectivity index (χ2n) is 4.92. The number of carbonyl (C=O) groups excluding carboxylic acids is 1. The molecule has 0 unspecified atom stereocenters. The number of aromatic amines is 1. The molecule has 1 atom stereocenters. The van der Waals surface area contributed by atoms with Crippen LogP contribution in [-0.4, -0.2) is 16.1 Å². The van der Waals surface area contributed by atoms with Crippen molar-refractivity contribution in [3.8, 4) is 0 Å². The summed E-state index contributed by atoms with van der Waals surface area (Å²) in [5.41, 5.74) is 2.55. The molecule has 1 heterocycles. The Hall–Kier alpha value is -2.14. The van der Waals surface area contributed by atoms with Gasteiger partial charge < -0.3 is 5.32 Å². The first-order valence-corrected chi connectivity index (χ1v) is 7.42. The maximum Gasteiger partial charge on any atom is 0.251 e. The molecule has 0 aliphatic rings. The second-order valence-corrected chi connectivity index (χ2v) is 5.83. The topological polar surface area (TPSA) is 57.8 Å². The normalized spacial score (nSPS) is 12.3. The van der Waals surface area contributed by atoms with Gasteiger partial charge in [-0.15, -0.1) is 0 Å². The van der Waals surface area contributed by atoms with Gasteiger partial charge in [-0.05, 0) is 36.8 Å². The van der Waals surface area contributed by atoms with Crippen molar-refractivity contribution in [2.24, 2.45) is 0 Å². The number of hydrogen-bond acceptors (Lipinski definition) is 2. The molecule has 0 aliphatic heterocycles. The molecular formula is C16H14BrN3O. The Morgan fingerprint density at radius 1 is 1.24 bits per heavy atom. The predicted octanol–water partition coefficient (Wildman–Crippen LogP) is 3.82. The number of amides is 1. The summed E-state index contributed by atoms with van der Waals surface area (Å²) in [5.74, 6) is -0.0954. The number of fused-ring (bicyclic) bond motifs is 1.